The van der Waals surface area contributed by atoms with Crippen LogP contribution >= 0.6 is 0 Å². The molecule has 5 nitrogen and oxygen atoms in total. The predicted molar refractivity (Wildman–Crippen MR) is 137 cm³/mol. The Morgan fingerprint density at radius 1 is 0.500 bits per heavy atom. The van der Waals surface area contributed by atoms with Gasteiger partial charge in [-0.25, -0.2) is 0 Å². The van der Waals surface area contributed by atoms with Crippen LogP contribution in [0.3, 0.4) is 0 Å². The van der Waals surface area contributed by atoms with E-state index in [2.05, 4.69) is 81.4 Å². The third kappa shape index (κ3) is 3.47. The summed E-state index contributed by atoms with van der Waals surface area (Å²) in [7, 11) is -0.827. The number of benzene rings is 2. The predicted octanol–water partition coefficient (Wildman–Crippen LogP) is 4.72. The highest BCUT2D eigenvalue weighted by atomic mass is 16.7. The number of fused-ring (bicyclic) bond motifs is 2. The zero-order valence-electron chi connectivity index (χ0n) is 22.2. The van der Waals surface area contributed by atoms with E-state index in [1.54, 1.807) is 0 Å². The maximum Gasteiger partial charge on any atom is 0.494 e. The fraction of sp³-hybridized carbons (Fsp3) is 0.556. The molecule has 180 valence electrons. The average Bonchev–Trinajstić information content (AvgIpc) is 3.07. The van der Waals surface area contributed by atoms with Gasteiger partial charge in [-0.2, -0.15) is 0 Å². The van der Waals surface area contributed by atoms with Gasteiger partial charge in [0, 0.05) is 16.5 Å². The molecule has 0 radical (unpaired) electrons. The Morgan fingerprint density at radius 2 is 0.824 bits per heavy atom. The molecule has 2 aromatic carbocycles. The van der Waals surface area contributed by atoms with Crippen LogP contribution in [0.1, 0.15) is 80.4 Å². The van der Waals surface area contributed by atoms with Gasteiger partial charge in [0.05, 0.1) is 22.4 Å². The summed E-state index contributed by atoms with van der Waals surface area (Å²) in [6.45, 7) is 21.1. The molecule has 0 N–H and O–H groups in total. The van der Waals surface area contributed by atoms with Crippen molar-refractivity contribution in [3.63, 3.8) is 0 Å². The normalized spacial score (nSPS) is 25.0. The fourth-order valence-corrected chi connectivity index (χ4v) is 4.77. The van der Waals surface area contributed by atoms with Gasteiger partial charge >= 0.3 is 14.2 Å². The van der Waals surface area contributed by atoms with Crippen LogP contribution in [-0.4, -0.2) is 36.6 Å². The molecule has 7 heteroatoms. The quantitative estimate of drug-likeness (QED) is 0.605. The molecule has 3 aliphatic heterocycles. The SMILES string of the molecule is CC1(C)c2cc(B3OC(C)(C)C(C)(C)O3)ccc2Oc2ccc(B3OC(C)(C)C(C)(C)O3)cc21. The van der Waals surface area contributed by atoms with Crippen molar-refractivity contribution < 1.29 is 23.4 Å². The first-order valence-electron chi connectivity index (χ1n) is 12.2. The van der Waals surface area contributed by atoms with Crippen LogP contribution in [0, 0.1) is 0 Å². The van der Waals surface area contributed by atoms with Crippen molar-refractivity contribution in [2.24, 2.45) is 0 Å². The summed E-state index contributed by atoms with van der Waals surface area (Å²) in [5.41, 5.74) is 2.39. The van der Waals surface area contributed by atoms with Crippen LogP contribution in [0.4, 0.5) is 0 Å². The van der Waals surface area contributed by atoms with E-state index in [4.69, 9.17) is 23.4 Å². The van der Waals surface area contributed by atoms with E-state index in [1.165, 1.54) is 0 Å². The lowest BCUT2D eigenvalue weighted by molar-refractivity contribution is 0.00578. The first kappa shape index (κ1) is 23.9. The van der Waals surface area contributed by atoms with Gasteiger partial charge in [0.25, 0.3) is 0 Å². The van der Waals surface area contributed by atoms with Crippen molar-refractivity contribution in [1.29, 1.82) is 0 Å². The van der Waals surface area contributed by atoms with Crippen molar-refractivity contribution in [1.82, 2.24) is 0 Å². The Bertz CT molecular complexity index is 1030. The molecule has 0 aliphatic carbocycles. The first-order chi connectivity index (χ1) is 15.5. The summed E-state index contributed by atoms with van der Waals surface area (Å²) in [6.07, 6.45) is 0. The Hall–Kier alpha value is -1.79. The molecule has 0 aromatic heterocycles. The van der Waals surface area contributed by atoms with E-state index in [-0.39, 0.29) is 27.8 Å². The molecule has 34 heavy (non-hydrogen) atoms. The van der Waals surface area contributed by atoms with Crippen LogP contribution in [0.2, 0.25) is 0 Å². The van der Waals surface area contributed by atoms with Gasteiger partial charge in [-0.15, -0.1) is 0 Å². The zero-order chi connectivity index (χ0) is 24.9. The maximum atomic E-state index is 6.35. The van der Waals surface area contributed by atoms with Crippen molar-refractivity contribution >= 4 is 25.2 Å². The Morgan fingerprint density at radius 3 is 1.15 bits per heavy atom. The van der Waals surface area contributed by atoms with Gasteiger partial charge in [-0.1, -0.05) is 38.1 Å². The van der Waals surface area contributed by atoms with Crippen molar-refractivity contribution in [2.75, 3.05) is 0 Å². The Kier molecular flexibility index (Phi) is 5.02. The summed E-state index contributed by atoms with van der Waals surface area (Å²) >= 11 is 0. The van der Waals surface area contributed by atoms with Crippen molar-refractivity contribution in [2.45, 2.75) is 97.1 Å². The molecule has 5 rings (SSSR count). The third-order valence-corrected chi connectivity index (χ3v) is 8.62. The number of rotatable bonds is 2. The fourth-order valence-electron chi connectivity index (χ4n) is 4.77. The second-order valence-corrected chi connectivity index (χ2v) is 12.4. The molecule has 2 saturated heterocycles. The van der Waals surface area contributed by atoms with Gasteiger partial charge in [0.1, 0.15) is 11.5 Å². The van der Waals surface area contributed by atoms with Crippen molar-refractivity contribution in [3.05, 3.63) is 47.5 Å². The highest BCUT2D eigenvalue weighted by Crippen LogP contribution is 2.48. The van der Waals surface area contributed by atoms with E-state index in [9.17, 15) is 0 Å². The standard InChI is InChI=1S/C27H36B2O5/c1-23(2)19-15-17(28-31-24(3,4)25(5,6)32-28)11-13-21(19)30-22-14-12-18(16-20(22)23)29-33-26(7,8)27(9,10)34-29/h11-16H,1-10H3. The highest BCUT2D eigenvalue weighted by Gasteiger charge is 2.53. The van der Waals surface area contributed by atoms with Gasteiger partial charge < -0.3 is 23.4 Å². The minimum Gasteiger partial charge on any atom is -0.457 e. The number of hydrogen-bond acceptors (Lipinski definition) is 5. The summed E-state index contributed by atoms with van der Waals surface area (Å²) < 4.78 is 31.6. The minimum absolute atomic E-state index is 0.289. The molecule has 0 saturated carbocycles. The highest BCUT2D eigenvalue weighted by molar-refractivity contribution is 6.62. The monoisotopic (exact) mass is 462 g/mol. The van der Waals surface area contributed by atoms with Gasteiger partial charge in [0.2, 0.25) is 0 Å². The second-order valence-electron chi connectivity index (χ2n) is 12.4. The van der Waals surface area contributed by atoms with E-state index >= 15 is 0 Å². The largest absolute Gasteiger partial charge is 0.494 e. The maximum absolute atomic E-state index is 6.35. The number of hydrogen-bond donors (Lipinski definition) is 0. The summed E-state index contributed by atoms with van der Waals surface area (Å²) in [5.74, 6) is 1.72. The summed E-state index contributed by atoms with van der Waals surface area (Å²) in [4.78, 5) is 0. The topological polar surface area (TPSA) is 46.2 Å². The van der Waals surface area contributed by atoms with Crippen LogP contribution in [0.5, 0.6) is 11.5 Å². The minimum atomic E-state index is -0.413. The van der Waals surface area contributed by atoms with E-state index in [0.29, 0.717) is 0 Å². The first-order valence-corrected chi connectivity index (χ1v) is 12.2. The molecule has 2 aromatic rings. The molecule has 0 spiro atoms. The van der Waals surface area contributed by atoms with E-state index in [1.807, 2.05) is 24.3 Å². The molecular formula is C27H36B2O5. The molecule has 0 unspecified atom stereocenters. The van der Waals surface area contributed by atoms with Crippen LogP contribution in [0.25, 0.3) is 0 Å². The van der Waals surface area contributed by atoms with Crippen LogP contribution < -0.4 is 15.7 Å². The lowest BCUT2D eigenvalue weighted by atomic mass is 9.69. The molecule has 0 atom stereocenters. The van der Waals surface area contributed by atoms with Gasteiger partial charge in [-0.3, -0.25) is 0 Å². The lowest BCUT2D eigenvalue weighted by Gasteiger charge is -2.35. The molecule has 3 heterocycles. The van der Waals surface area contributed by atoms with Crippen LogP contribution in [0.15, 0.2) is 36.4 Å². The molecule has 0 bridgehead atoms. The van der Waals surface area contributed by atoms with Gasteiger partial charge in [0.15, 0.2) is 0 Å². The lowest BCUT2D eigenvalue weighted by Crippen LogP contribution is -2.41. The Balaban J connectivity index is 1.50. The number of ether oxygens (including phenoxy) is 1. The second kappa shape index (κ2) is 7.13. The zero-order valence-corrected chi connectivity index (χ0v) is 22.2. The third-order valence-electron chi connectivity index (χ3n) is 8.62. The smallest absolute Gasteiger partial charge is 0.457 e. The Labute approximate surface area is 204 Å². The molecule has 2 fully saturated rings. The molecule has 3 aliphatic rings. The molecular weight excluding hydrogens is 426 g/mol. The summed E-state index contributed by atoms with van der Waals surface area (Å²) in [6, 6.07) is 12.5. The van der Waals surface area contributed by atoms with Crippen LogP contribution in [-0.2, 0) is 24.0 Å². The van der Waals surface area contributed by atoms with Gasteiger partial charge in [-0.05, 0) is 78.4 Å². The molecule has 0 amide bonds. The van der Waals surface area contributed by atoms with Crippen molar-refractivity contribution in [3.8, 4) is 11.5 Å². The van der Waals surface area contributed by atoms with E-state index < -0.39 is 14.2 Å². The summed E-state index contributed by atoms with van der Waals surface area (Å²) in [5, 5.41) is 0. The average molecular weight is 462 g/mol. The van der Waals surface area contributed by atoms with E-state index in [0.717, 1.165) is 33.6 Å².